The van der Waals surface area contributed by atoms with Crippen LogP contribution in [0.5, 0.6) is 11.5 Å². The van der Waals surface area contributed by atoms with Crippen LogP contribution >= 0.6 is 11.5 Å². The Labute approximate surface area is 257 Å². The van der Waals surface area contributed by atoms with Crippen molar-refractivity contribution in [1.82, 2.24) is 24.6 Å². The van der Waals surface area contributed by atoms with Gasteiger partial charge in [-0.15, -0.1) is 0 Å². The summed E-state index contributed by atoms with van der Waals surface area (Å²) >= 11 is 0.671. The monoisotopic (exact) mass is 661 g/mol. The van der Waals surface area contributed by atoms with Crippen molar-refractivity contribution in [2.75, 3.05) is 12.3 Å². The summed E-state index contributed by atoms with van der Waals surface area (Å²) in [7, 11) is 0. The van der Waals surface area contributed by atoms with Crippen molar-refractivity contribution in [3.05, 3.63) is 29.1 Å². The number of anilines is 1. The van der Waals surface area contributed by atoms with Crippen molar-refractivity contribution in [3.63, 3.8) is 0 Å². The molecule has 3 atom stereocenters. The number of phenols is 2. The summed E-state index contributed by atoms with van der Waals surface area (Å²) in [6, 6.07) is -1.94. The number of aliphatic carboxylic acids is 2. The number of hydrogen-bond donors (Lipinski definition) is 6. The number of nitrogen functional groups attached to an aromatic ring is 1. The van der Waals surface area contributed by atoms with Gasteiger partial charge < -0.3 is 41.1 Å². The molecular formula is C24H19N7O14S. The molecule has 3 fully saturated rings. The Kier molecular flexibility index (Phi) is 6.77. The van der Waals surface area contributed by atoms with Crippen LogP contribution in [0.1, 0.15) is 45.8 Å². The number of nitrogens with two attached hydrogens (primary N) is 1. The lowest BCUT2D eigenvalue weighted by Crippen LogP contribution is -2.57. The number of esters is 1. The van der Waals surface area contributed by atoms with Crippen LogP contribution in [0.25, 0.3) is 0 Å². The fourth-order valence-electron chi connectivity index (χ4n) is 4.87. The second-order valence-electron chi connectivity index (χ2n) is 10.3. The lowest BCUT2D eigenvalue weighted by molar-refractivity contribution is -0.256. The standard InChI is InChI=1S/C24H19N7O14S/c25-22-27-14(29-46-22)13(28-45-23(1-2-23)20(39)40)15(34)26-9-6-43-31(18(9)37)24(21(41)42)5-10(19(38)44-24)30-16(35)7-3-11(32)12(33)4-8(7)17(30)36/h3-4,9-10,32-33H,1-2,5-6H2,(H,26,34)(H,39,40)(H,41,42)(H2,25,27,29)/b28-13-/t9-,10-,24?/m0/s1. The number of benzene rings is 1. The van der Waals surface area contributed by atoms with E-state index in [1.54, 1.807) is 0 Å². The van der Waals surface area contributed by atoms with Crippen LogP contribution in [-0.2, 0) is 38.4 Å². The summed E-state index contributed by atoms with van der Waals surface area (Å²) in [5, 5.41) is 44.8. The first-order valence-electron chi connectivity index (χ1n) is 13.0. The molecule has 2 aromatic rings. The van der Waals surface area contributed by atoms with Gasteiger partial charge in [-0.3, -0.25) is 28.9 Å². The molecule has 22 heteroatoms. The van der Waals surface area contributed by atoms with Crippen molar-refractivity contribution in [2.24, 2.45) is 5.16 Å². The van der Waals surface area contributed by atoms with Crippen LogP contribution in [0.4, 0.5) is 5.13 Å². The number of fused-ring (bicyclic) bond motifs is 1. The molecule has 0 spiro atoms. The summed E-state index contributed by atoms with van der Waals surface area (Å²) in [6.45, 7) is -0.701. The third kappa shape index (κ3) is 4.57. The summed E-state index contributed by atoms with van der Waals surface area (Å²) in [5.41, 5.74) is -0.449. The van der Waals surface area contributed by atoms with Crippen molar-refractivity contribution in [2.45, 2.75) is 42.7 Å². The number of nitrogens with zero attached hydrogens (tertiary/aromatic N) is 5. The number of oxime groups is 1. The van der Waals surface area contributed by atoms with Gasteiger partial charge in [-0.1, -0.05) is 5.16 Å². The van der Waals surface area contributed by atoms with E-state index in [0.717, 1.165) is 12.1 Å². The molecule has 6 rings (SSSR count). The number of ether oxygens (including phenoxy) is 1. The van der Waals surface area contributed by atoms with Crippen molar-refractivity contribution >= 4 is 63.9 Å². The maximum atomic E-state index is 13.4. The molecule has 240 valence electrons. The first-order valence-corrected chi connectivity index (χ1v) is 13.7. The number of hydroxylamine groups is 2. The smallest absolute Gasteiger partial charge is 0.372 e. The molecule has 0 radical (unpaired) electrons. The number of aromatic hydroxyl groups is 2. The molecule has 1 unspecified atom stereocenters. The number of aromatic nitrogens is 2. The highest BCUT2D eigenvalue weighted by atomic mass is 32.1. The number of carboxylic acid groups (broad SMARTS) is 2. The van der Waals surface area contributed by atoms with Gasteiger partial charge in [0, 0.05) is 24.4 Å². The number of carbonyl (C=O) groups excluding carboxylic acids is 5. The van der Waals surface area contributed by atoms with E-state index in [1.807, 2.05) is 0 Å². The molecule has 21 nitrogen and oxygen atoms in total. The molecule has 4 heterocycles. The SMILES string of the molecule is Nc1nc(/C(=N/OC2(C(=O)O)CC2)C(=O)N[C@H]2CON(C3(C(=O)O)C[C@H](N4C(=O)c5cc(O)c(O)cc5C4=O)C(=O)O3)C2=O)ns1. The van der Waals surface area contributed by atoms with Gasteiger partial charge in [-0.05, 0) is 12.1 Å². The molecule has 46 heavy (non-hydrogen) atoms. The van der Waals surface area contributed by atoms with Crippen molar-refractivity contribution in [3.8, 4) is 11.5 Å². The predicted molar refractivity (Wildman–Crippen MR) is 141 cm³/mol. The average molecular weight is 662 g/mol. The fourth-order valence-corrected chi connectivity index (χ4v) is 5.30. The Morgan fingerprint density at radius 3 is 2.22 bits per heavy atom. The van der Waals surface area contributed by atoms with E-state index in [2.05, 4.69) is 19.8 Å². The number of hydrogen-bond acceptors (Lipinski definition) is 17. The normalized spacial score (nSPS) is 25.0. The van der Waals surface area contributed by atoms with Gasteiger partial charge in [-0.2, -0.15) is 14.4 Å². The second-order valence-corrected chi connectivity index (χ2v) is 11.1. The number of nitrogens with one attached hydrogen (secondary N) is 1. The van der Waals surface area contributed by atoms with E-state index in [9.17, 15) is 54.0 Å². The van der Waals surface area contributed by atoms with E-state index in [-0.39, 0.29) is 40.0 Å². The second kappa shape index (κ2) is 10.3. The molecule has 0 bridgehead atoms. The first-order chi connectivity index (χ1) is 21.7. The van der Waals surface area contributed by atoms with Gasteiger partial charge in [0.25, 0.3) is 23.6 Å². The molecule has 4 amide bonds. The Bertz CT molecular complexity index is 1760. The topological polar surface area (TPSA) is 311 Å². The summed E-state index contributed by atoms with van der Waals surface area (Å²) < 4.78 is 8.90. The van der Waals surface area contributed by atoms with Crippen LogP contribution < -0.4 is 11.1 Å². The maximum absolute atomic E-state index is 13.4. The number of carboxylic acids is 2. The van der Waals surface area contributed by atoms with Crippen LogP contribution in [-0.4, -0.2) is 117 Å². The van der Waals surface area contributed by atoms with E-state index in [4.69, 9.17) is 20.1 Å². The van der Waals surface area contributed by atoms with Gasteiger partial charge in [0.15, 0.2) is 16.6 Å². The van der Waals surface area contributed by atoms with Crippen LogP contribution in [0.15, 0.2) is 17.3 Å². The molecule has 2 saturated heterocycles. The summed E-state index contributed by atoms with van der Waals surface area (Å²) in [5.74, 6) is -11.2. The van der Waals surface area contributed by atoms with E-state index >= 15 is 0 Å². The Morgan fingerprint density at radius 1 is 1.07 bits per heavy atom. The minimum Gasteiger partial charge on any atom is -0.504 e. The minimum atomic E-state index is -2.91. The maximum Gasteiger partial charge on any atom is 0.372 e. The fraction of sp³-hybridized carbons (Fsp3) is 0.333. The molecule has 1 aliphatic carbocycles. The zero-order chi connectivity index (χ0) is 33.3. The molecule has 7 N–H and O–H groups in total. The third-order valence-corrected chi connectivity index (χ3v) is 7.99. The van der Waals surface area contributed by atoms with Gasteiger partial charge in [0.1, 0.15) is 18.7 Å². The number of cyclic esters (lactones) is 1. The largest absolute Gasteiger partial charge is 0.504 e. The van der Waals surface area contributed by atoms with Crippen LogP contribution in [0, 0.1) is 0 Å². The average Bonchev–Trinajstić information content (AvgIpc) is 3.21. The highest BCUT2D eigenvalue weighted by Gasteiger charge is 2.65. The molecule has 4 aliphatic rings. The molecular weight excluding hydrogens is 642 g/mol. The lowest BCUT2D eigenvalue weighted by atomic mass is 10.0. The highest BCUT2D eigenvalue weighted by Crippen LogP contribution is 2.41. The summed E-state index contributed by atoms with van der Waals surface area (Å²) in [4.78, 5) is 104. The molecule has 3 aliphatic heterocycles. The highest BCUT2D eigenvalue weighted by molar-refractivity contribution is 7.09. The number of imide groups is 1. The number of amides is 4. The van der Waals surface area contributed by atoms with Crippen molar-refractivity contribution < 1.29 is 68.4 Å². The van der Waals surface area contributed by atoms with E-state index in [0.29, 0.717) is 16.4 Å². The lowest BCUT2D eigenvalue weighted by Gasteiger charge is -2.30. The van der Waals surface area contributed by atoms with Gasteiger partial charge >= 0.3 is 23.6 Å². The van der Waals surface area contributed by atoms with Crippen LogP contribution in [0.2, 0.25) is 0 Å². The van der Waals surface area contributed by atoms with Gasteiger partial charge in [0.2, 0.25) is 17.1 Å². The van der Waals surface area contributed by atoms with E-state index in [1.165, 1.54) is 0 Å². The molecule has 1 saturated carbocycles. The van der Waals surface area contributed by atoms with Crippen molar-refractivity contribution in [1.29, 1.82) is 0 Å². The summed E-state index contributed by atoms with van der Waals surface area (Å²) in [6.07, 6.45) is -0.809. The zero-order valence-corrected chi connectivity index (χ0v) is 23.5. The third-order valence-electron chi connectivity index (χ3n) is 7.45. The number of rotatable bonds is 9. The van der Waals surface area contributed by atoms with Gasteiger partial charge in [0.05, 0.1) is 17.5 Å². The molecule has 1 aromatic carbocycles. The van der Waals surface area contributed by atoms with Crippen LogP contribution in [0.3, 0.4) is 0 Å². The van der Waals surface area contributed by atoms with E-state index < -0.39 is 95.2 Å². The first kappa shape index (κ1) is 30.1. The Hall–Kier alpha value is -5.90. The minimum absolute atomic E-state index is 0.0889. The van der Waals surface area contributed by atoms with Gasteiger partial charge in [-0.25, -0.2) is 14.4 Å². The predicted octanol–water partition coefficient (Wildman–Crippen LogP) is -2.48. The quantitative estimate of drug-likeness (QED) is 0.0532. The number of carbonyl (C=O) groups is 7. The number of phenolic OH excluding ortho intramolecular Hbond substituents is 2. The Morgan fingerprint density at radius 2 is 1.70 bits per heavy atom. The molecule has 1 aromatic heterocycles. The Balaban J connectivity index is 1.22. The zero-order valence-electron chi connectivity index (χ0n) is 22.7.